The molecule has 0 bridgehead atoms. The minimum absolute atomic E-state index is 0.0557. The fraction of sp³-hybridized carbons (Fsp3) is 0.333. The van der Waals surface area contributed by atoms with E-state index in [1.54, 1.807) is 11.0 Å². The molecule has 1 heterocycles. The molecule has 122 valence electrons. The Morgan fingerprint density at radius 3 is 2.70 bits per heavy atom. The molecule has 23 heavy (non-hydrogen) atoms. The van der Waals surface area contributed by atoms with Gasteiger partial charge in [-0.15, -0.1) is 6.58 Å². The molecule has 0 saturated carbocycles. The van der Waals surface area contributed by atoms with Gasteiger partial charge in [0, 0.05) is 6.54 Å². The quantitative estimate of drug-likeness (QED) is 0.296. The average molecular weight is 348 g/mol. The fourth-order valence-electron chi connectivity index (χ4n) is 2.14. The number of rotatable bonds is 8. The number of carbonyl (C=O) groups excluding carboxylic acids is 1. The third-order valence-electron chi connectivity index (χ3n) is 3.38. The van der Waals surface area contributed by atoms with Crippen LogP contribution in [0.1, 0.15) is 31.7 Å². The number of benzene rings is 1. The van der Waals surface area contributed by atoms with Crippen LogP contribution in [0.4, 0.5) is 0 Å². The number of hydrogen-bond acceptors (Lipinski definition) is 4. The molecule has 0 unspecified atom stereocenters. The Labute approximate surface area is 147 Å². The van der Waals surface area contributed by atoms with E-state index in [0.717, 1.165) is 24.3 Å². The molecule has 0 aliphatic carbocycles. The largest absolute Gasteiger partial charge is 0.494 e. The molecule has 2 rings (SSSR count). The molecule has 0 atom stereocenters. The van der Waals surface area contributed by atoms with Crippen molar-refractivity contribution in [3.63, 3.8) is 0 Å². The van der Waals surface area contributed by atoms with Crippen LogP contribution >= 0.6 is 24.0 Å². The molecule has 0 N–H and O–H groups in total. The number of ether oxygens (including phenoxy) is 1. The Morgan fingerprint density at radius 2 is 2.04 bits per heavy atom. The van der Waals surface area contributed by atoms with Crippen LogP contribution in [0, 0.1) is 0 Å². The molecule has 0 radical (unpaired) electrons. The zero-order valence-corrected chi connectivity index (χ0v) is 14.9. The fourth-order valence-corrected chi connectivity index (χ4v) is 3.42. The second-order valence-corrected chi connectivity index (χ2v) is 6.88. The van der Waals surface area contributed by atoms with Crippen molar-refractivity contribution >= 4 is 40.3 Å². The van der Waals surface area contributed by atoms with Gasteiger partial charge < -0.3 is 4.74 Å². The first-order chi connectivity index (χ1) is 11.2. The summed E-state index contributed by atoms with van der Waals surface area (Å²) in [5.41, 5.74) is 0.963. The van der Waals surface area contributed by atoms with Crippen LogP contribution in [-0.4, -0.2) is 28.3 Å². The molecule has 0 aromatic heterocycles. The number of unbranched alkanes of at least 4 members (excludes halogenated alkanes) is 2. The number of nitrogens with zero attached hydrogens (tertiary/aromatic N) is 1. The molecule has 1 aromatic rings. The zero-order chi connectivity index (χ0) is 16.7. The number of carbonyl (C=O) groups is 1. The average Bonchev–Trinajstić information content (AvgIpc) is 2.81. The lowest BCUT2D eigenvalue weighted by Gasteiger charge is -2.10. The summed E-state index contributed by atoms with van der Waals surface area (Å²) in [6.45, 7) is 7.02. The summed E-state index contributed by atoms with van der Waals surface area (Å²) >= 11 is 6.56. The first-order valence-electron chi connectivity index (χ1n) is 7.75. The maximum atomic E-state index is 12.3. The van der Waals surface area contributed by atoms with Crippen molar-refractivity contribution in [2.24, 2.45) is 0 Å². The number of hydrogen-bond donors (Lipinski definition) is 0. The highest BCUT2D eigenvalue weighted by molar-refractivity contribution is 8.26. The minimum atomic E-state index is -0.0557. The topological polar surface area (TPSA) is 29.5 Å². The summed E-state index contributed by atoms with van der Waals surface area (Å²) in [5, 5.41) is 0. The second-order valence-electron chi connectivity index (χ2n) is 5.21. The van der Waals surface area contributed by atoms with E-state index in [4.69, 9.17) is 17.0 Å². The Kier molecular flexibility index (Phi) is 6.86. The van der Waals surface area contributed by atoms with Crippen molar-refractivity contribution in [2.45, 2.75) is 26.2 Å². The van der Waals surface area contributed by atoms with E-state index in [0.29, 0.717) is 15.8 Å². The van der Waals surface area contributed by atoms with Gasteiger partial charge in [0.15, 0.2) is 0 Å². The maximum absolute atomic E-state index is 12.3. The predicted molar refractivity (Wildman–Crippen MR) is 102 cm³/mol. The number of thioether (sulfide) groups is 1. The van der Waals surface area contributed by atoms with E-state index in [1.165, 1.54) is 24.6 Å². The Hall–Kier alpha value is -1.59. The molecule has 0 spiro atoms. The van der Waals surface area contributed by atoms with Crippen molar-refractivity contribution in [2.75, 3.05) is 13.2 Å². The van der Waals surface area contributed by atoms with E-state index >= 15 is 0 Å². The van der Waals surface area contributed by atoms with Crippen molar-refractivity contribution in [3.05, 3.63) is 47.4 Å². The normalized spacial score (nSPS) is 16.2. The van der Waals surface area contributed by atoms with Crippen LogP contribution in [0.2, 0.25) is 0 Å². The van der Waals surface area contributed by atoms with Gasteiger partial charge in [0.1, 0.15) is 10.1 Å². The number of thiocarbonyl (C=S) groups is 1. The highest BCUT2D eigenvalue weighted by atomic mass is 32.2. The third kappa shape index (κ3) is 4.94. The van der Waals surface area contributed by atoms with Crippen molar-refractivity contribution in [1.82, 2.24) is 4.90 Å². The summed E-state index contributed by atoms with van der Waals surface area (Å²) in [6, 6.07) is 7.77. The molecule has 1 aromatic carbocycles. The first kappa shape index (κ1) is 17.8. The van der Waals surface area contributed by atoms with E-state index < -0.39 is 0 Å². The van der Waals surface area contributed by atoms with Gasteiger partial charge in [-0.25, -0.2) is 0 Å². The van der Waals surface area contributed by atoms with Crippen molar-refractivity contribution in [1.29, 1.82) is 0 Å². The monoisotopic (exact) mass is 347 g/mol. The smallest absolute Gasteiger partial charge is 0.266 e. The van der Waals surface area contributed by atoms with Gasteiger partial charge in [-0.1, -0.05) is 62.0 Å². The Balaban J connectivity index is 1.99. The molecule has 1 saturated heterocycles. The molecule has 3 nitrogen and oxygen atoms in total. The van der Waals surface area contributed by atoms with Gasteiger partial charge in [-0.05, 0) is 30.2 Å². The van der Waals surface area contributed by atoms with Crippen LogP contribution in [0.5, 0.6) is 5.75 Å². The molecular weight excluding hydrogens is 326 g/mol. The van der Waals surface area contributed by atoms with Crippen molar-refractivity contribution in [3.8, 4) is 5.75 Å². The second kappa shape index (κ2) is 8.89. The Morgan fingerprint density at radius 1 is 1.30 bits per heavy atom. The predicted octanol–water partition coefficient (Wildman–Crippen LogP) is 4.64. The van der Waals surface area contributed by atoms with Crippen LogP contribution in [0.3, 0.4) is 0 Å². The lowest BCUT2D eigenvalue weighted by molar-refractivity contribution is -0.121. The molecule has 1 aliphatic rings. The standard InChI is InChI=1S/C18H21NO2S2/c1-3-5-6-12-21-15-9-7-14(8-10-15)13-16-17(20)19(11-4-2)18(22)23-16/h4,7-10,13H,2-3,5-6,11-12H2,1H3/b16-13-. The highest BCUT2D eigenvalue weighted by Gasteiger charge is 2.30. The molecule has 5 heteroatoms. The molecular formula is C18H21NO2S2. The van der Waals surface area contributed by atoms with E-state index in [9.17, 15) is 4.79 Å². The highest BCUT2D eigenvalue weighted by Crippen LogP contribution is 2.32. The van der Waals surface area contributed by atoms with Gasteiger partial charge in [0.25, 0.3) is 5.91 Å². The van der Waals surface area contributed by atoms with Gasteiger partial charge in [0.05, 0.1) is 11.5 Å². The SMILES string of the molecule is C=CCN1C(=O)/C(=C/c2ccc(OCCCCC)cc2)SC1=S. The zero-order valence-electron chi connectivity index (χ0n) is 13.3. The third-order valence-corrected chi connectivity index (χ3v) is 4.76. The van der Waals surface area contributed by atoms with E-state index in [2.05, 4.69) is 13.5 Å². The summed E-state index contributed by atoms with van der Waals surface area (Å²) < 4.78 is 6.27. The van der Waals surface area contributed by atoms with Crippen LogP contribution in [0.15, 0.2) is 41.8 Å². The summed E-state index contributed by atoms with van der Waals surface area (Å²) in [4.78, 5) is 14.5. The summed E-state index contributed by atoms with van der Waals surface area (Å²) in [6.07, 6.45) is 6.99. The maximum Gasteiger partial charge on any atom is 0.266 e. The van der Waals surface area contributed by atoms with Gasteiger partial charge in [0.2, 0.25) is 0 Å². The molecule has 1 fully saturated rings. The van der Waals surface area contributed by atoms with Gasteiger partial charge in [-0.2, -0.15) is 0 Å². The van der Waals surface area contributed by atoms with Crippen molar-refractivity contribution < 1.29 is 9.53 Å². The van der Waals surface area contributed by atoms with Gasteiger partial charge >= 0.3 is 0 Å². The first-order valence-corrected chi connectivity index (χ1v) is 8.97. The minimum Gasteiger partial charge on any atom is -0.494 e. The summed E-state index contributed by atoms with van der Waals surface area (Å²) in [5.74, 6) is 0.803. The van der Waals surface area contributed by atoms with Gasteiger partial charge in [-0.3, -0.25) is 9.69 Å². The van der Waals surface area contributed by atoms with Crippen LogP contribution in [-0.2, 0) is 4.79 Å². The molecule has 1 aliphatic heterocycles. The van der Waals surface area contributed by atoms with Crippen LogP contribution < -0.4 is 4.74 Å². The lowest BCUT2D eigenvalue weighted by atomic mass is 10.2. The van der Waals surface area contributed by atoms with E-state index in [-0.39, 0.29) is 5.91 Å². The molecule has 1 amide bonds. The van der Waals surface area contributed by atoms with E-state index in [1.807, 2.05) is 30.3 Å². The Bertz CT molecular complexity index is 608. The number of amides is 1. The lowest BCUT2D eigenvalue weighted by Crippen LogP contribution is -2.27. The van der Waals surface area contributed by atoms with Crippen LogP contribution in [0.25, 0.3) is 6.08 Å². The summed E-state index contributed by atoms with van der Waals surface area (Å²) in [7, 11) is 0.